The van der Waals surface area contributed by atoms with Crippen LogP contribution in [-0.4, -0.2) is 15.9 Å². The van der Waals surface area contributed by atoms with Gasteiger partial charge in [-0.15, -0.1) is 11.3 Å². The molecule has 1 aromatic carbocycles. The van der Waals surface area contributed by atoms with Gasteiger partial charge in [-0.3, -0.25) is 9.78 Å². The summed E-state index contributed by atoms with van der Waals surface area (Å²) in [6.45, 7) is 1.87. The predicted octanol–water partition coefficient (Wildman–Crippen LogP) is 4.01. The van der Waals surface area contributed by atoms with Crippen LogP contribution in [0.1, 0.15) is 14.7 Å². The fourth-order valence-electron chi connectivity index (χ4n) is 1.89. The van der Waals surface area contributed by atoms with E-state index in [1.807, 2.05) is 31.2 Å². The van der Waals surface area contributed by atoms with Crippen LogP contribution < -0.4 is 5.32 Å². The Balaban J connectivity index is 1.97. The lowest BCUT2D eigenvalue weighted by Crippen LogP contribution is -2.10. The number of halogens is 1. The molecule has 3 aromatic rings. The molecule has 0 unspecified atom stereocenters. The minimum Gasteiger partial charge on any atom is -0.319 e. The van der Waals surface area contributed by atoms with Gasteiger partial charge >= 0.3 is 0 Å². The van der Waals surface area contributed by atoms with E-state index in [0.717, 1.165) is 20.4 Å². The molecule has 6 heteroatoms. The van der Waals surface area contributed by atoms with Crippen LogP contribution in [0.4, 0.5) is 5.69 Å². The van der Waals surface area contributed by atoms with E-state index in [0.29, 0.717) is 10.6 Å². The number of carbonyl (C=O) groups is 1. The second-order valence-electron chi connectivity index (χ2n) is 4.23. The van der Waals surface area contributed by atoms with E-state index in [9.17, 15) is 4.79 Å². The largest absolute Gasteiger partial charge is 0.319 e. The Bertz CT molecular complexity index is 800. The molecule has 4 nitrogen and oxygen atoms in total. The highest BCUT2D eigenvalue weighted by atomic mass is 79.9. The molecular formula is C14H10BrN3OS. The number of anilines is 1. The predicted molar refractivity (Wildman–Crippen MR) is 84.2 cm³/mol. The van der Waals surface area contributed by atoms with Gasteiger partial charge in [-0.2, -0.15) is 0 Å². The molecule has 1 amide bonds. The van der Waals surface area contributed by atoms with Crippen LogP contribution in [0.5, 0.6) is 0 Å². The standard InChI is InChI=1S/C14H10BrN3OS/c1-8-16-7-12(20-8)14(19)18-11-4-2-3-9-5-10(15)6-17-13(9)11/h2-7H,1H3,(H,18,19). The zero-order chi connectivity index (χ0) is 14.1. The summed E-state index contributed by atoms with van der Waals surface area (Å²) in [4.78, 5) is 21.2. The van der Waals surface area contributed by atoms with Gasteiger partial charge in [0.15, 0.2) is 0 Å². The van der Waals surface area contributed by atoms with Crippen LogP contribution in [0.25, 0.3) is 10.9 Å². The zero-order valence-electron chi connectivity index (χ0n) is 10.6. The van der Waals surface area contributed by atoms with Crippen molar-refractivity contribution in [3.05, 3.63) is 51.0 Å². The second-order valence-corrected chi connectivity index (χ2v) is 6.38. The molecule has 0 saturated carbocycles. The van der Waals surface area contributed by atoms with E-state index in [2.05, 4.69) is 31.2 Å². The number of benzene rings is 1. The molecule has 0 fully saturated rings. The van der Waals surface area contributed by atoms with Crippen molar-refractivity contribution in [2.75, 3.05) is 5.32 Å². The van der Waals surface area contributed by atoms with Crippen LogP contribution in [0.3, 0.4) is 0 Å². The van der Waals surface area contributed by atoms with E-state index in [4.69, 9.17) is 0 Å². The lowest BCUT2D eigenvalue weighted by atomic mass is 10.2. The molecule has 2 heterocycles. The highest BCUT2D eigenvalue weighted by Gasteiger charge is 2.11. The summed E-state index contributed by atoms with van der Waals surface area (Å²) in [6, 6.07) is 7.66. The summed E-state index contributed by atoms with van der Waals surface area (Å²) in [5, 5.41) is 4.73. The monoisotopic (exact) mass is 347 g/mol. The minimum absolute atomic E-state index is 0.159. The molecule has 3 rings (SSSR count). The first-order valence-electron chi connectivity index (χ1n) is 5.91. The van der Waals surface area contributed by atoms with E-state index >= 15 is 0 Å². The van der Waals surface area contributed by atoms with Gasteiger partial charge in [-0.05, 0) is 35.0 Å². The number of nitrogens with one attached hydrogen (secondary N) is 1. The molecule has 0 radical (unpaired) electrons. The van der Waals surface area contributed by atoms with Gasteiger partial charge in [-0.25, -0.2) is 4.98 Å². The van der Waals surface area contributed by atoms with Gasteiger partial charge in [0, 0.05) is 16.1 Å². The van der Waals surface area contributed by atoms with Crippen LogP contribution >= 0.6 is 27.3 Å². The third-order valence-corrected chi connectivity index (χ3v) is 4.12. The second kappa shape index (κ2) is 5.30. The minimum atomic E-state index is -0.159. The van der Waals surface area contributed by atoms with Crippen molar-refractivity contribution in [2.24, 2.45) is 0 Å². The average molecular weight is 348 g/mol. The van der Waals surface area contributed by atoms with E-state index in [1.165, 1.54) is 11.3 Å². The number of hydrogen-bond acceptors (Lipinski definition) is 4. The molecule has 2 aromatic heterocycles. The van der Waals surface area contributed by atoms with Gasteiger partial charge < -0.3 is 5.32 Å². The van der Waals surface area contributed by atoms with Crippen molar-refractivity contribution in [1.82, 2.24) is 9.97 Å². The molecule has 100 valence electrons. The van der Waals surface area contributed by atoms with Crippen molar-refractivity contribution < 1.29 is 4.79 Å². The quantitative estimate of drug-likeness (QED) is 0.761. The summed E-state index contributed by atoms with van der Waals surface area (Å²) in [7, 11) is 0. The molecule has 0 aliphatic rings. The van der Waals surface area contributed by atoms with Crippen LogP contribution in [0.2, 0.25) is 0 Å². The first-order chi connectivity index (χ1) is 9.63. The van der Waals surface area contributed by atoms with Gasteiger partial charge in [0.2, 0.25) is 0 Å². The van der Waals surface area contributed by atoms with Gasteiger partial charge in [-0.1, -0.05) is 12.1 Å². The number of hydrogen-bond donors (Lipinski definition) is 1. The molecule has 0 aliphatic carbocycles. The number of thiazole rings is 1. The van der Waals surface area contributed by atoms with E-state index in [1.54, 1.807) is 12.4 Å². The van der Waals surface area contributed by atoms with E-state index < -0.39 is 0 Å². The van der Waals surface area contributed by atoms with Crippen molar-refractivity contribution >= 4 is 49.8 Å². The Kier molecular flexibility index (Phi) is 3.50. The van der Waals surface area contributed by atoms with Crippen LogP contribution in [-0.2, 0) is 0 Å². The lowest BCUT2D eigenvalue weighted by Gasteiger charge is -2.07. The summed E-state index contributed by atoms with van der Waals surface area (Å²) in [6.07, 6.45) is 3.30. The number of aromatic nitrogens is 2. The summed E-state index contributed by atoms with van der Waals surface area (Å²) < 4.78 is 0.909. The van der Waals surface area contributed by atoms with Crippen molar-refractivity contribution in [1.29, 1.82) is 0 Å². The molecule has 1 N–H and O–H groups in total. The Morgan fingerprint density at radius 3 is 2.90 bits per heavy atom. The molecule has 0 atom stereocenters. The number of para-hydroxylation sites is 1. The molecule has 0 bridgehead atoms. The van der Waals surface area contributed by atoms with Crippen LogP contribution in [0, 0.1) is 6.92 Å². The smallest absolute Gasteiger partial charge is 0.267 e. The fraction of sp³-hybridized carbons (Fsp3) is 0.0714. The maximum Gasteiger partial charge on any atom is 0.267 e. The SMILES string of the molecule is Cc1ncc(C(=O)Nc2cccc3cc(Br)cnc23)s1. The molecular weight excluding hydrogens is 338 g/mol. The maximum absolute atomic E-state index is 12.2. The summed E-state index contributed by atoms with van der Waals surface area (Å²) in [5.41, 5.74) is 1.47. The highest BCUT2D eigenvalue weighted by Crippen LogP contribution is 2.24. The third kappa shape index (κ3) is 2.57. The lowest BCUT2D eigenvalue weighted by molar-refractivity contribution is 0.103. The normalized spacial score (nSPS) is 10.7. The number of amides is 1. The van der Waals surface area contributed by atoms with Crippen molar-refractivity contribution in [3.8, 4) is 0 Å². The Morgan fingerprint density at radius 1 is 1.30 bits per heavy atom. The first-order valence-corrected chi connectivity index (χ1v) is 7.52. The Morgan fingerprint density at radius 2 is 2.15 bits per heavy atom. The topological polar surface area (TPSA) is 54.9 Å². The number of nitrogens with zero attached hydrogens (tertiary/aromatic N) is 2. The number of pyridine rings is 1. The Hall–Kier alpha value is -1.79. The number of carbonyl (C=O) groups excluding carboxylic acids is 1. The van der Waals surface area contributed by atoms with Crippen molar-refractivity contribution in [2.45, 2.75) is 6.92 Å². The molecule has 0 spiro atoms. The summed E-state index contributed by atoms with van der Waals surface area (Å²) in [5.74, 6) is -0.159. The molecule has 0 aliphatic heterocycles. The number of aryl methyl sites for hydroxylation is 1. The van der Waals surface area contributed by atoms with Gasteiger partial charge in [0.25, 0.3) is 5.91 Å². The fourth-order valence-corrected chi connectivity index (χ4v) is 2.91. The molecule has 20 heavy (non-hydrogen) atoms. The number of rotatable bonds is 2. The van der Waals surface area contributed by atoms with Crippen LogP contribution in [0.15, 0.2) is 41.1 Å². The third-order valence-electron chi connectivity index (χ3n) is 2.77. The Labute approximate surface area is 128 Å². The summed E-state index contributed by atoms with van der Waals surface area (Å²) >= 11 is 4.76. The highest BCUT2D eigenvalue weighted by molar-refractivity contribution is 9.10. The first kappa shape index (κ1) is 13.2. The molecule has 0 saturated heterocycles. The van der Waals surface area contributed by atoms with Crippen molar-refractivity contribution in [3.63, 3.8) is 0 Å². The number of fused-ring (bicyclic) bond motifs is 1. The van der Waals surface area contributed by atoms with E-state index in [-0.39, 0.29) is 5.91 Å². The maximum atomic E-state index is 12.2. The zero-order valence-corrected chi connectivity index (χ0v) is 13.0. The van der Waals surface area contributed by atoms with Gasteiger partial charge in [0.05, 0.1) is 22.4 Å². The average Bonchev–Trinajstić information content (AvgIpc) is 2.85. The van der Waals surface area contributed by atoms with Gasteiger partial charge in [0.1, 0.15) is 4.88 Å².